The standard InChI is InChI=1S/C9H11NO7S/c11-6-3-5(4-7(12)8(6)13)9(14)10-1-2-18(15,16)17/h3-4,11-13H,1-2H2,(H,10,14)(H,15,16,17). The van der Waals surface area contributed by atoms with Crippen LogP contribution in [0.25, 0.3) is 0 Å². The molecule has 1 aromatic rings. The van der Waals surface area contributed by atoms with Crippen molar-refractivity contribution in [1.82, 2.24) is 5.32 Å². The minimum atomic E-state index is -4.18. The number of carbonyl (C=O) groups is 1. The van der Waals surface area contributed by atoms with Gasteiger partial charge in [0.15, 0.2) is 17.2 Å². The molecule has 0 saturated heterocycles. The number of rotatable bonds is 4. The van der Waals surface area contributed by atoms with Crippen LogP contribution in [-0.2, 0) is 10.1 Å². The predicted molar refractivity (Wildman–Crippen MR) is 60.2 cm³/mol. The molecular formula is C9H11NO7S. The van der Waals surface area contributed by atoms with Crippen molar-refractivity contribution >= 4 is 16.0 Å². The second-order valence-corrected chi connectivity index (χ2v) is 4.98. The van der Waals surface area contributed by atoms with Gasteiger partial charge >= 0.3 is 0 Å². The number of carbonyl (C=O) groups excluding carboxylic acids is 1. The van der Waals surface area contributed by atoms with Crippen LogP contribution in [0.1, 0.15) is 10.4 Å². The van der Waals surface area contributed by atoms with Crippen LogP contribution >= 0.6 is 0 Å². The third-order valence-electron chi connectivity index (χ3n) is 1.98. The van der Waals surface area contributed by atoms with Gasteiger partial charge in [-0.3, -0.25) is 9.35 Å². The molecule has 0 atom stereocenters. The zero-order valence-electron chi connectivity index (χ0n) is 8.99. The molecule has 0 fully saturated rings. The predicted octanol–water partition coefficient (Wildman–Crippen LogP) is -0.579. The van der Waals surface area contributed by atoms with Crippen LogP contribution in [0.3, 0.4) is 0 Å². The van der Waals surface area contributed by atoms with Crippen LogP contribution in [0, 0.1) is 0 Å². The van der Waals surface area contributed by atoms with Crippen LogP contribution in [0.15, 0.2) is 12.1 Å². The molecular weight excluding hydrogens is 266 g/mol. The number of amides is 1. The zero-order valence-corrected chi connectivity index (χ0v) is 9.81. The molecule has 8 nitrogen and oxygen atoms in total. The van der Waals surface area contributed by atoms with E-state index in [9.17, 15) is 13.2 Å². The molecule has 0 spiro atoms. The molecule has 0 heterocycles. The molecule has 1 amide bonds. The Morgan fingerprint density at radius 1 is 1.17 bits per heavy atom. The fourth-order valence-electron chi connectivity index (χ4n) is 1.13. The molecule has 100 valence electrons. The Kier molecular flexibility index (Phi) is 3.99. The van der Waals surface area contributed by atoms with Gasteiger partial charge in [0.1, 0.15) is 0 Å². The Bertz CT molecular complexity index is 543. The monoisotopic (exact) mass is 277 g/mol. The van der Waals surface area contributed by atoms with Gasteiger partial charge in [0, 0.05) is 12.1 Å². The summed E-state index contributed by atoms with van der Waals surface area (Å²) in [5, 5.41) is 29.5. The van der Waals surface area contributed by atoms with Gasteiger partial charge in [-0.05, 0) is 12.1 Å². The van der Waals surface area contributed by atoms with Gasteiger partial charge in [-0.1, -0.05) is 0 Å². The van der Waals surface area contributed by atoms with Gasteiger partial charge in [-0.25, -0.2) is 0 Å². The molecule has 0 saturated carbocycles. The number of aromatic hydroxyl groups is 3. The first-order valence-electron chi connectivity index (χ1n) is 4.69. The second-order valence-electron chi connectivity index (χ2n) is 3.41. The van der Waals surface area contributed by atoms with E-state index >= 15 is 0 Å². The van der Waals surface area contributed by atoms with Crippen LogP contribution in [0.4, 0.5) is 0 Å². The Morgan fingerprint density at radius 3 is 2.11 bits per heavy atom. The van der Waals surface area contributed by atoms with Gasteiger partial charge in [-0.2, -0.15) is 8.42 Å². The quantitative estimate of drug-likeness (QED) is 0.366. The van der Waals surface area contributed by atoms with Gasteiger partial charge in [-0.15, -0.1) is 0 Å². The van der Waals surface area contributed by atoms with E-state index < -0.39 is 39.0 Å². The molecule has 5 N–H and O–H groups in total. The van der Waals surface area contributed by atoms with Crippen molar-refractivity contribution in [1.29, 1.82) is 0 Å². The summed E-state index contributed by atoms with van der Waals surface area (Å²) < 4.78 is 29.2. The first-order valence-corrected chi connectivity index (χ1v) is 6.30. The first kappa shape index (κ1) is 14.1. The molecule has 0 aromatic heterocycles. The highest BCUT2D eigenvalue weighted by Crippen LogP contribution is 2.35. The highest BCUT2D eigenvalue weighted by molar-refractivity contribution is 7.85. The first-order chi connectivity index (χ1) is 8.20. The highest BCUT2D eigenvalue weighted by Gasteiger charge is 2.14. The molecule has 0 aliphatic heterocycles. The minimum Gasteiger partial charge on any atom is -0.504 e. The molecule has 9 heteroatoms. The fourth-order valence-corrected chi connectivity index (χ4v) is 1.49. The molecule has 0 unspecified atom stereocenters. The van der Waals surface area contributed by atoms with Gasteiger partial charge in [0.25, 0.3) is 16.0 Å². The van der Waals surface area contributed by atoms with Crippen LogP contribution in [0.5, 0.6) is 17.2 Å². The van der Waals surface area contributed by atoms with Gasteiger partial charge < -0.3 is 20.6 Å². The van der Waals surface area contributed by atoms with Crippen LogP contribution in [0.2, 0.25) is 0 Å². The molecule has 0 radical (unpaired) electrons. The Balaban J connectivity index is 2.74. The largest absolute Gasteiger partial charge is 0.504 e. The van der Waals surface area contributed by atoms with Crippen molar-refractivity contribution in [3.05, 3.63) is 17.7 Å². The summed E-state index contributed by atoms with van der Waals surface area (Å²) >= 11 is 0. The molecule has 1 aromatic carbocycles. The average Bonchev–Trinajstić information content (AvgIpc) is 2.23. The van der Waals surface area contributed by atoms with Gasteiger partial charge in [0.05, 0.1) is 5.75 Å². The number of phenolic OH excluding ortho intramolecular Hbond substituents is 3. The number of hydrogen-bond acceptors (Lipinski definition) is 6. The lowest BCUT2D eigenvalue weighted by Gasteiger charge is -2.06. The number of phenols is 3. The number of hydrogen-bond donors (Lipinski definition) is 5. The van der Waals surface area contributed by atoms with E-state index in [0.29, 0.717) is 0 Å². The second kappa shape index (κ2) is 5.10. The third-order valence-corrected chi connectivity index (χ3v) is 2.70. The van der Waals surface area contributed by atoms with Crippen molar-refractivity contribution in [2.45, 2.75) is 0 Å². The molecule has 0 aliphatic carbocycles. The van der Waals surface area contributed by atoms with Gasteiger partial charge in [0.2, 0.25) is 0 Å². The van der Waals surface area contributed by atoms with Crippen molar-refractivity contribution in [3.8, 4) is 17.2 Å². The topological polar surface area (TPSA) is 144 Å². The summed E-state index contributed by atoms with van der Waals surface area (Å²) in [6.07, 6.45) is 0. The maximum atomic E-state index is 11.5. The molecule has 1 rings (SSSR count). The molecule has 18 heavy (non-hydrogen) atoms. The van der Waals surface area contributed by atoms with E-state index in [1.54, 1.807) is 0 Å². The van der Waals surface area contributed by atoms with E-state index in [2.05, 4.69) is 5.32 Å². The maximum absolute atomic E-state index is 11.5. The summed E-state index contributed by atoms with van der Waals surface area (Å²) in [4.78, 5) is 11.5. The summed E-state index contributed by atoms with van der Waals surface area (Å²) in [7, 11) is -4.18. The summed E-state index contributed by atoms with van der Waals surface area (Å²) in [6.45, 7) is -0.333. The fraction of sp³-hybridized carbons (Fsp3) is 0.222. The smallest absolute Gasteiger partial charge is 0.266 e. The molecule has 0 aliphatic rings. The minimum absolute atomic E-state index is 0.168. The summed E-state index contributed by atoms with van der Waals surface area (Å²) in [5.41, 5.74) is -0.168. The number of nitrogens with one attached hydrogen (secondary N) is 1. The maximum Gasteiger partial charge on any atom is 0.266 e. The number of benzene rings is 1. The highest BCUT2D eigenvalue weighted by atomic mass is 32.2. The molecule has 0 bridgehead atoms. The lowest BCUT2D eigenvalue weighted by atomic mass is 10.1. The van der Waals surface area contributed by atoms with E-state index in [4.69, 9.17) is 19.9 Å². The van der Waals surface area contributed by atoms with E-state index in [-0.39, 0.29) is 12.1 Å². The Hall–Kier alpha value is -2.00. The van der Waals surface area contributed by atoms with E-state index in [0.717, 1.165) is 12.1 Å². The van der Waals surface area contributed by atoms with Crippen molar-refractivity contribution < 1.29 is 33.1 Å². The summed E-state index contributed by atoms with van der Waals surface area (Å²) in [5.74, 6) is -3.56. The third kappa shape index (κ3) is 3.79. The van der Waals surface area contributed by atoms with E-state index in [1.165, 1.54) is 0 Å². The lowest BCUT2D eigenvalue weighted by Crippen LogP contribution is -2.28. The Morgan fingerprint density at radius 2 is 1.67 bits per heavy atom. The normalized spacial score (nSPS) is 11.2. The average molecular weight is 277 g/mol. The lowest BCUT2D eigenvalue weighted by molar-refractivity contribution is 0.0955. The van der Waals surface area contributed by atoms with E-state index in [1.807, 2.05) is 0 Å². The van der Waals surface area contributed by atoms with Crippen molar-refractivity contribution in [3.63, 3.8) is 0 Å². The zero-order chi connectivity index (χ0) is 13.9. The SMILES string of the molecule is O=C(NCCS(=O)(=O)O)c1cc(O)c(O)c(O)c1. The van der Waals surface area contributed by atoms with Crippen molar-refractivity contribution in [2.75, 3.05) is 12.3 Å². The Labute approximate surface area is 102 Å². The van der Waals surface area contributed by atoms with Crippen LogP contribution < -0.4 is 5.32 Å². The van der Waals surface area contributed by atoms with Crippen molar-refractivity contribution in [2.24, 2.45) is 0 Å². The summed E-state index contributed by atoms with van der Waals surface area (Å²) in [6, 6.07) is 1.80. The van der Waals surface area contributed by atoms with Crippen LogP contribution in [-0.4, -0.2) is 46.5 Å².